The number of carbonyl (C=O) groups excluding carboxylic acids is 2. The number of allylic oxidation sites excluding steroid dienone is 3. The molecule has 1 amide bonds. The van der Waals surface area contributed by atoms with Crippen LogP contribution in [-0.2, 0) is 23.8 Å². The van der Waals surface area contributed by atoms with E-state index in [1.165, 1.54) is 231 Å². The molecule has 6 N–H and O–H groups in total. The van der Waals surface area contributed by atoms with E-state index in [0.29, 0.717) is 19.3 Å². The van der Waals surface area contributed by atoms with E-state index in [-0.39, 0.29) is 13.0 Å². The van der Waals surface area contributed by atoms with E-state index in [4.69, 9.17) is 14.2 Å². The first kappa shape index (κ1) is 75.2. The number of hydrogen-bond acceptors (Lipinski definition) is 10. The summed E-state index contributed by atoms with van der Waals surface area (Å²) in [6.07, 6.45) is 56.5. The van der Waals surface area contributed by atoms with Gasteiger partial charge in [0.05, 0.1) is 25.4 Å². The zero-order valence-corrected chi connectivity index (χ0v) is 51.8. The Morgan fingerprint density at radius 3 is 1.23 bits per heavy atom. The Kier molecular flexibility index (Phi) is 53.9. The number of unbranched alkanes of at least 4 members (excludes halogenated alkanes) is 43. The molecule has 1 fully saturated rings. The minimum absolute atomic E-state index is 0.128. The fraction of sp³-hybridized carbons (Fsp3) is 0.912. The third-order valence-corrected chi connectivity index (χ3v) is 16.4. The summed E-state index contributed by atoms with van der Waals surface area (Å²) in [5.41, 5.74) is 0. The van der Waals surface area contributed by atoms with Crippen LogP contribution in [0.4, 0.5) is 0 Å². The maximum Gasteiger partial charge on any atom is 0.306 e. The molecule has 8 unspecified atom stereocenters. The van der Waals surface area contributed by atoms with Gasteiger partial charge in [0.25, 0.3) is 0 Å². The van der Waals surface area contributed by atoms with E-state index >= 15 is 0 Å². The number of rotatable bonds is 59. The second-order valence-corrected chi connectivity index (χ2v) is 23.9. The lowest BCUT2D eigenvalue weighted by Gasteiger charge is -2.41. The van der Waals surface area contributed by atoms with Gasteiger partial charge in [0, 0.05) is 6.42 Å². The summed E-state index contributed by atoms with van der Waals surface area (Å²) in [6, 6.07) is -1.02. The molecule has 8 atom stereocenters. The molecule has 11 nitrogen and oxygen atoms in total. The highest BCUT2D eigenvalue weighted by atomic mass is 16.7. The van der Waals surface area contributed by atoms with Crippen LogP contribution in [0.25, 0.3) is 0 Å². The molecule has 1 rings (SSSR count). The summed E-state index contributed by atoms with van der Waals surface area (Å²) < 4.78 is 17.7. The summed E-state index contributed by atoms with van der Waals surface area (Å²) in [5.74, 6) is -1.18. The van der Waals surface area contributed by atoms with Crippen molar-refractivity contribution in [3.05, 3.63) is 24.3 Å². The van der Waals surface area contributed by atoms with Gasteiger partial charge in [0.1, 0.15) is 24.4 Å². The minimum Gasteiger partial charge on any atom is -0.454 e. The van der Waals surface area contributed by atoms with Crippen LogP contribution in [0.5, 0.6) is 0 Å². The fourth-order valence-corrected chi connectivity index (χ4v) is 10.9. The van der Waals surface area contributed by atoms with Crippen LogP contribution in [0.2, 0.25) is 0 Å². The second kappa shape index (κ2) is 56.6. The predicted molar refractivity (Wildman–Crippen MR) is 329 cm³/mol. The molecule has 1 heterocycles. The van der Waals surface area contributed by atoms with E-state index in [2.05, 4.69) is 38.2 Å². The van der Waals surface area contributed by atoms with Gasteiger partial charge in [-0.05, 0) is 51.4 Å². The van der Waals surface area contributed by atoms with E-state index in [9.17, 15) is 35.1 Å². The van der Waals surface area contributed by atoms with E-state index in [1.54, 1.807) is 6.08 Å². The highest BCUT2D eigenvalue weighted by molar-refractivity contribution is 5.80. The van der Waals surface area contributed by atoms with Crippen molar-refractivity contribution in [2.24, 2.45) is 0 Å². The van der Waals surface area contributed by atoms with Crippen molar-refractivity contribution in [1.82, 2.24) is 5.32 Å². The Labute approximate surface area is 486 Å². The molecule has 466 valence electrons. The first-order valence-electron chi connectivity index (χ1n) is 34.1. The molecule has 79 heavy (non-hydrogen) atoms. The highest BCUT2D eigenvalue weighted by Gasteiger charge is 2.47. The van der Waals surface area contributed by atoms with Gasteiger partial charge in [-0.2, -0.15) is 0 Å². The molecule has 1 aliphatic rings. The molecule has 0 aromatic heterocycles. The Balaban J connectivity index is 2.59. The summed E-state index contributed by atoms with van der Waals surface area (Å²) in [5, 5.41) is 57.1. The molecule has 0 bridgehead atoms. The number of nitrogens with one attached hydrogen (secondary N) is 1. The summed E-state index contributed by atoms with van der Waals surface area (Å²) in [7, 11) is 0. The maximum atomic E-state index is 13.4. The average molecular weight is 1120 g/mol. The lowest BCUT2D eigenvalue weighted by atomic mass is 9.99. The van der Waals surface area contributed by atoms with Crippen molar-refractivity contribution >= 4 is 11.9 Å². The predicted octanol–water partition coefficient (Wildman–Crippen LogP) is 16.8. The molecule has 1 saturated heterocycles. The zero-order valence-electron chi connectivity index (χ0n) is 51.8. The first-order valence-corrected chi connectivity index (χ1v) is 34.1. The first-order chi connectivity index (χ1) is 38.7. The molecule has 0 aromatic carbocycles. The average Bonchev–Trinajstić information content (AvgIpc) is 3.50. The van der Waals surface area contributed by atoms with Gasteiger partial charge in [-0.3, -0.25) is 9.59 Å². The molecule has 0 spiro atoms. The molecule has 0 radical (unpaired) electrons. The van der Waals surface area contributed by atoms with Crippen molar-refractivity contribution in [3.63, 3.8) is 0 Å². The molecule has 0 aromatic rings. The van der Waals surface area contributed by atoms with Gasteiger partial charge in [0.15, 0.2) is 12.4 Å². The number of aliphatic hydroxyl groups excluding tert-OH is 5. The standard InChI is InChI=1S/C68H129NO10/c1-4-7-10-13-16-19-22-25-27-28-29-30-31-32-33-34-35-38-41-44-47-50-53-56-63(73)79-66-65(75)64(74)62(57-70)78-68(66)77-58-59(60(71)54-51-48-45-42-39-36-24-21-18-15-12-9-6-3)69-67(76)61(72)55-52-49-46-43-40-37-26-23-20-17-14-11-8-5-2/h25,27,51,54,59-62,64-66,68,70-72,74-75H,4-24,26,28-50,52-53,55-58H2,1-3H3,(H,69,76)/b27-25+,54-51+. The molecule has 0 aliphatic carbocycles. The minimum atomic E-state index is -1.61. The largest absolute Gasteiger partial charge is 0.454 e. The lowest BCUT2D eigenvalue weighted by Crippen LogP contribution is -2.61. The Bertz CT molecular complexity index is 1380. The van der Waals surface area contributed by atoms with Crippen molar-refractivity contribution < 1.29 is 49.3 Å². The summed E-state index contributed by atoms with van der Waals surface area (Å²) in [4.78, 5) is 26.6. The topological polar surface area (TPSA) is 175 Å². The number of carbonyl (C=O) groups is 2. The SMILES string of the molecule is CCCCCCCC/C=C/CCCCCCCCCCCCCCCC(=O)OC1C(OCC(NC(=O)C(O)CCCCCCCCCCCCCCCC)C(O)/C=C/CCCCCCCCCCCCC)OC(CO)C(O)C1O. The third-order valence-electron chi connectivity index (χ3n) is 16.4. The Morgan fingerprint density at radius 1 is 0.481 bits per heavy atom. The van der Waals surface area contributed by atoms with E-state index in [0.717, 1.165) is 57.8 Å². The fourth-order valence-electron chi connectivity index (χ4n) is 10.9. The van der Waals surface area contributed by atoms with Crippen LogP contribution in [-0.4, -0.2) is 99.6 Å². The monoisotopic (exact) mass is 1120 g/mol. The third kappa shape index (κ3) is 44.4. The quantitative estimate of drug-likeness (QED) is 0.0195. The number of esters is 1. The van der Waals surface area contributed by atoms with Gasteiger partial charge < -0.3 is 45.1 Å². The molecular formula is C68H129NO10. The molecule has 0 saturated carbocycles. The Morgan fingerprint density at radius 2 is 0.835 bits per heavy atom. The number of amides is 1. The van der Waals surface area contributed by atoms with E-state index < -0.39 is 67.4 Å². The smallest absolute Gasteiger partial charge is 0.306 e. The van der Waals surface area contributed by atoms with Crippen LogP contribution in [0.1, 0.15) is 335 Å². The maximum absolute atomic E-state index is 13.4. The zero-order chi connectivity index (χ0) is 57.5. The van der Waals surface area contributed by atoms with Crippen molar-refractivity contribution in [3.8, 4) is 0 Å². The van der Waals surface area contributed by atoms with Gasteiger partial charge in [-0.1, -0.05) is 302 Å². The van der Waals surface area contributed by atoms with Crippen LogP contribution in [0, 0.1) is 0 Å². The van der Waals surface area contributed by atoms with Crippen LogP contribution < -0.4 is 5.32 Å². The van der Waals surface area contributed by atoms with Gasteiger partial charge in [0.2, 0.25) is 5.91 Å². The molecule has 1 aliphatic heterocycles. The van der Waals surface area contributed by atoms with Gasteiger partial charge in [-0.25, -0.2) is 0 Å². The second-order valence-electron chi connectivity index (χ2n) is 23.9. The number of aliphatic hydroxyl groups is 5. The van der Waals surface area contributed by atoms with Crippen molar-refractivity contribution in [2.75, 3.05) is 13.2 Å². The number of hydrogen-bond donors (Lipinski definition) is 6. The summed E-state index contributed by atoms with van der Waals surface area (Å²) >= 11 is 0. The van der Waals surface area contributed by atoms with Gasteiger partial charge >= 0.3 is 5.97 Å². The highest BCUT2D eigenvalue weighted by Crippen LogP contribution is 2.26. The van der Waals surface area contributed by atoms with Crippen molar-refractivity contribution in [1.29, 1.82) is 0 Å². The Hall–Kier alpha value is -1.86. The normalized spacial score (nSPS) is 18.9. The lowest BCUT2D eigenvalue weighted by molar-refractivity contribution is -0.305. The van der Waals surface area contributed by atoms with Crippen LogP contribution in [0.15, 0.2) is 24.3 Å². The molecule has 11 heteroatoms. The van der Waals surface area contributed by atoms with E-state index in [1.807, 2.05) is 6.08 Å². The summed E-state index contributed by atoms with van der Waals surface area (Å²) in [6.45, 7) is 5.83. The number of ether oxygens (including phenoxy) is 3. The van der Waals surface area contributed by atoms with Crippen LogP contribution >= 0.6 is 0 Å². The van der Waals surface area contributed by atoms with Gasteiger partial charge in [-0.15, -0.1) is 0 Å². The van der Waals surface area contributed by atoms with Crippen molar-refractivity contribution in [2.45, 2.75) is 384 Å². The molecular weight excluding hydrogens is 991 g/mol. The van der Waals surface area contributed by atoms with Crippen LogP contribution in [0.3, 0.4) is 0 Å².